The van der Waals surface area contributed by atoms with Crippen molar-refractivity contribution < 1.29 is 24.2 Å². The lowest BCUT2D eigenvalue weighted by atomic mass is 9.89. The van der Waals surface area contributed by atoms with Crippen LogP contribution in [0.4, 0.5) is 5.69 Å². The molecule has 2 saturated heterocycles. The molecule has 1 atom stereocenters. The Morgan fingerprint density at radius 3 is 2.41 bits per heavy atom. The quantitative estimate of drug-likeness (QED) is 0.768. The molecule has 7 nitrogen and oxygen atoms in total. The lowest BCUT2D eigenvalue weighted by Gasteiger charge is -2.34. The van der Waals surface area contributed by atoms with Gasteiger partial charge < -0.3 is 20.1 Å². The first kappa shape index (κ1) is 19.4. The van der Waals surface area contributed by atoms with Crippen molar-refractivity contribution in [2.24, 2.45) is 5.92 Å². The summed E-state index contributed by atoms with van der Waals surface area (Å²) in [6, 6.07) is 7.76. The number of carboxylic acid groups (broad SMARTS) is 1. The number of hydrogen-bond donors (Lipinski definition) is 2. The number of hydrogen-bond acceptors (Lipinski definition) is 4. The summed E-state index contributed by atoms with van der Waals surface area (Å²) in [5.74, 6) is -2.32. The number of carboxylic acids is 1. The molecule has 0 saturated carbocycles. The molecular weight excluding hydrogens is 348 g/mol. The highest BCUT2D eigenvalue weighted by molar-refractivity contribution is 6.10. The molecule has 2 fully saturated rings. The van der Waals surface area contributed by atoms with E-state index in [1.165, 1.54) is 5.56 Å². The summed E-state index contributed by atoms with van der Waals surface area (Å²) >= 11 is 0. The van der Waals surface area contributed by atoms with Crippen LogP contribution in [0.1, 0.15) is 44.6 Å². The van der Waals surface area contributed by atoms with Crippen molar-refractivity contribution in [2.45, 2.75) is 44.6 Å². The van der Waals surface area contributed by atoms with E-state index in [0.717, 1.165) is 5.69 Å². The maximum atomic E-state index is 12.8. The Balaban J connectivity index is 1.70. The van der Waals surface area contributed by atoms with E-state index < -0.39 is 23.3 Å². The van der Waals surface area contributed by atoms with Crippen molar-refractivity contribution >= 4 is 23.5 Å². The van der Waals surface area contributed by atoms with Crippen LogP contribution in [0.5, 0.6) is 0 Å². The number of nitrogens with one attached hydrogen (secondary N) is 1. The van der Waals surface area contributed by atoms with Gasteiger partial charge in [0.1, 0.15) is 11.5 Å². The molecule has 146 valence electrons. The van der Waals surface area contributed by atoms with Crippen LogP contribution in [0, 0.1) is 5.92 Å². The Kier molecular flexibility index (Phi) is 5.51. The summed E-state index contributed by atoms with van der Waals surface area (Å²) in [7, 11) is 0. The van der Waals surface area contributed by atoms with Crippen LogP contribution in [-0.4, -0.2) is 48.2 Å². The summed E-state index contributed by atoms with van der Waals surface area (Å²) in [6.07, 6.45) is 0.785. The maximum absolute atomic E-state index is 12.8. The number of carbonyl (C=O) groups excluding carboxylic acids is 2. The molecule has 2 aliphatic heterocycles. The van der Waals surface area contributed by atoms with Crippen LogP contribution >= 0.6 is 0 Å². The van der Waals surface area contributed by atoms with E-state index in [1.54, 1.807) is 4.90 Å². The van der Waals surface area contributed by atoms with E-state index in [4.69, 9.17) is 4.74 Å². The van der Waals surface area contributed by atoms with Crippen LogP contribution in [0.25, 0.3) is 0 Å². The average Bonchev–Trinajstić information content (AvgIpc) is 3.04. The second-order valence-corrected chi connectivity index (χ2v) is 7.57. The van der Waals surface area contributed by atoms with Gasteiger partial charge in [0.05, 0.1) is 0 Å². The summed E-state index contributed by atoms with van der Waals surface area (Å²) in [5.41, 5.74) is 0.600. The van der Waals surface area contributed by atoms with Crippen molar-refractivity contribution in [1.82, 2.24) is 5.32 Å². The zero-order chi connectivity index (χ0) is 19.6. The zero-order valence-electron chi connectivity index (χ0n) is 15.7. The van der Waals surface area contributed by atoms with Crippen LogP contribution in [-0.2, 0) is 19.1 Å². The standard InChI is InChI=1S/C20H26N2O5/c1-13(2)14-3-5-15(6-4-14)22-10-7-16(18(22)24)17(23)21-20(19(25)26)8-11-27-12-9-20/h3-6,13,16H,7-12H2,1-2H3,(H,21,23)(H,25,26). The van der Waals surface area contributed by atoms with Gasteiger partial charge in [0.15, 0.2) is 0 Å². The van der Waals surface area contributed by atoms with Gasteiger partial charge in [-0.25, -0.2) is 4.79 Å². The van der Waals surface area contributed by atoms with Gasteiger partial charge in [-0.15, -0.1) is 0 Å². The molecule has 0 aromatic heterocycles. The van der Waals surface area contributed by atoms with Crippen molar-refractivity contribution in [3.05, 3.63) is 29.8 Å². The SMILES string of the molecule is CC(C)c1ccc(N2CCC(C(=O)NC3(C(=O)O)CCOCC3)C2=O)cc1. The van der Waals surface area contributed by atoms with Crippen LogP contribution < -0.4 is 10.2 Å². The number of ether oxygens (including phenoxy) is 1. The van der Waals surface area contributed by atoms with Crippen molar-refractivity contribution in [1.29, 1.82) is 0 Å². The zero-order valence-corrected chi connectivity index (χ0v) is 15.7. The molecule has 2 amide bonds. The predicted octanol–water partition coefficient (Wildman–Crippen LogP) is 1.91. The fraction of sp³-hybridized carbons (Fsp3) is 0.550. The summed E-state index contributed by atoms with van der Waals surface area (Å²) < 4.78 is 5.21. The molecule has 0 radical (unpaired) electrons. The number of aliphatic carboxylic acids is 1. The molecule has 0 bridgehead atoms. The van der Waals surface area contributed by atoms with Crippen molar-refractivity contribution in [2.75, 3.05) is 24.7 Å². The highest BCUT2D eigenvalue weighted by Gasteiger charge is 2.45. The van der Waals surface area contributed by atoms with Crippen molar-refractivity contribution in [3.8, 4) is 0 Å². The minimum absolute atomic E-state index is 0.204. The topological polar surface area (TPSA) is 95.9 Å². The molecule has 1 unspecified atom stereocenters. The van der Waals surface area contributed by atoms with Gasteiger partial charge in [-0.05, 0) is 30.0 Å². The van der Waals surface area contributed by atoms with Gasteiger partial charge in [-0.2, -0.15) is 0 Å². The van der Waals surface area contributed by atoms with Crippen LogP contribution in [0.3, 0.4) is 0 Å². The van der Waals surface area contributed by atoms with E-state index in [2.05, 4.69) is 19.2 Å². The van der Waals surface area contributed by atoms with E-state index in [0.29, 0.717) is 18.9 Å². The molecule has 3 rings (SSSR count). The summed E-state index contributed by atoms with van der Waals surface area (Å²) in [4.78, 5) is 38.8. The van der Waals surface area contributed by atoms with Crippen molar-refractivity contribution in [3.63, 3.8) is 0 Å². The molecule has 27 heavy (non-hydrogen) atoms. The highest BCUT2D eigenvalue weighted by Crippen LogP contribution is 2.28. The molecule has 2 N–H and O–H groups in total. The smallest absolute Gasteiger partial charge is 0.329 e. The third-order valence-corrected chi connectivity index (χ3v) is 5.51. The van der Waals surface area contributed by atoms with Gasteiger partial charge in [-0.1, -0.05) is 26.0 Å². The molecular formula is C20H26N2O5. The second kappa shape index (κ2) is 7.68. The fourth-order valence-electron chi connectivity index (χ4n) is 3.65. The van der Waals surface area contributed by atoms with E-state index in [9.17, 15) is 19.5 Å². The van der Waals surface area contributed by atoms with Gasteiger partial charge in [0, 0.05) is 38.3 Å². The normalized spacial score (nSPS) is 22.1. The predicted molar refractivity (Wildman–Crippen MR) is 99.6 cm³/mol. The Morgan fingerprint density at radius 1 is 1.22 bits per heavy atom. The molecule has 7 heteroatoms. The molecule has 0 spiro atoms. The second-order valence-electron chi connectivity index (χ2n) is 7.57. The third kappa shape index (κ3) is 3.83. The van der Waals surface area contributed by atoms with E-state index in [-0.39, 0.29) is 32.0 Å². The first-order chi connectivity index (χ1) is 12.8. The number of rotatable bonds is 5. The largest absolute Gasteiger partial charge is 0.480 e. The monoisotopic (exact) mass is 374 g/mol. The summed E-state index contributed by atoms with van der Waals surface area (Å²) in [5, 5.41) is 12.2. The Hall–Kier alpha value is -2.41. The molecule has 2 heterocycles. The third-order valence-electron chi connectivity index (χ3n) is 5.51. The van der Waals surface area contributed by atoms with Gasteiger partial charge in [-0.3, -0.25) is 9.59 Å². The molecule has 1 aromatic rings. The lowest BCUT2D eigenvalue weighted by molar-refractivity contribution is -0.153. The minimum atomic E-state index is -1.35. The van der Waals surface area contributed by atoms with Gasteiger partial charge >= 0.3 is 5.97 Å². The fourth-order valence-corrected chi connectivity index (χ4v) is 3.65. The number of nitrogens with zero attached hydrogens (tertiary/aromatic N) is 1. The van der Waals surface area contributed by atoms with Gasteiger partial charge in [0.2, 0.25) is 11.8 Å². The molecule has 0 aliphatic carbocycles. The Labute approximate surface area is 158 Å². The van der Waals surface area contributed by atoms with Crippen LogP contribution in [0.2, 0.25) is 0 Å². The number of amides is 2. The Bertz CT molecular complexity index is 722. The molecule has 1 aromatic carbocycles. The first-order valence-corrected chi connectivity index (χ1v) is 9.38. The van der Waals surface area contributed by atoms with Crippen LogP contribution in [0.15, 0.2) is 24.3 Å². The molecule has 2 aliphatic rings. The average molecular weight is 374 g/mol. The number of anilines is 1. The Morgan fingerprint density at radius 2 is 1.85 bits per heavy atom. The number of benzene rings is 1. The van der Waals surface area contributed by atoms with Gasteiger partial charge in [0.25, 0.3) is 0 Å². The minimum Gasteiger partial charge on any atom is -0.480 e. The van der Waals surface area contributed by atoms with E-state index >= 15 is 0 Å². The summed E-state index contributed by atoms with van der Waals surface area (Å²) in [6.45, 7) is 5.20. The first-order valence-electron chi connectivity index (χ1n) is 9.38. The maximum Gasteiger partial charge on any atom is 0.329 e. The number of carbonyl (C=O) groups is 3. The van der Waals surface area contributed by atoms with E-state index in [1.807, 2.05) is 24.3 Å². The lowest BCUT2D eigenvalue weighted by Crippen LogP contribution is -2.59. The highest BCUT2D eigenvalue weighted by atomic mass is 16.5.